The highest BCUT2D eigenvalue weighted by Gasteiger charge is 2.27. The fourth-order valence-corrected chi connectivity index (χ4v) is 9.98. The molecule has 0 spiro atoms. The van der Waals surface area contributed by atoms with Crippen molar-refractivity contribution in [2.45, 2.75) is 296 Å². The van der Waals surface area contributed by atoms with E-state index in [-0.39, 0.29) is 31.3 Å². The molecule has 472 valence electrons. The number of carbonyl (C=O) groups is 2. The van der Waals surface area contributed by atoms with Gasteiger partial charge < -0.3 is 28.5 Å². The molecule has 10 heteroatoms. The summed E-state index contributed by atoms with van der Waals surface area (Å²) >= 11 is 0. The molecule has 1 N–H and O–H groups in total. The Morgan fingerprint density at radius 3 is 1.20 bits per heavy atom. The number of quaternary nitrogens is 1. The van der Waals surface area contributed by atoms with E-state index in [0.29, 0.717) is 17.4 Å². The molecule has 0 aliphatic heterocycles. The maximum atomic E-state index is 13.6. The summed E-state index contributed by atoms with van der Waals surface area (Å²) in [5.41, 5.74) is 0. The predicted octanol–water partition coefficient (Wildman–Crippen LogP) is 20.7. The van der Waals surface area contributed by atoms with Gasteiger partial charge in [0.15, 0.2) is 0 Å². The van der Waals surface area contributed by atoms with Gasteiger partial charge in [0.2, 0.25) is 5.91 Å². The Morgan fingerprint density at radius 2 is 0.780 bits per heavy atom. The van der Waals surface area contributed by atoms with E-state index in [1.165, 1.54) is 128 Å². The van der Waals surface area contributed by atoms with Crippen molar-refractivity contribution in [3.8, 4) is 0 Å². The van der Waals surface area contributed by atoms with E-state index in [9.17, 15) is 19.0 Å². The molecule has 0 aliphatic rings. The topological polar surface area (TPSA) is 114 Å². The lowest BCUT2D eigenvalue weighted by Crippen LogP contribution is -2.47. The minimum Gasteiger partial charge on any atom is -0.756 e. The zero-order valence-corrected chi connectivity index (χ0v) is 54.8. The van der Waals surface area contributed by atoms with Crippen LogP contribution in [0.5, 0.6) is 0 Å². The number of amides is 1. The van der Waals surface area contributed by atoms with Crippen LogP contribution in [0.4, 0.5) is 0 Å². The van der Waals surface area contributed by atoms with Crippen molar-refractivity contribution in [2.24, 2.45) is 0 Å². The van der Waals surface area contributed by atoms with Gasteiger partial charge in [0.1, 0.15) is 19.3 Å². The second-order valence-corrected chi connectivity index (χ2v) is 25.0. The number of phosphoric acid groups is 1. The molecule has 0 fully saturated rings. The van der Waals surface area contributed by atoms with Crippen LogP contribution in [0.25, 0.3) is 0 Å². The molecular weight excluding hydrogens is 1040 g/mol. The molecule has 3 unspecified atom stereocenters. The summed E-state index contributed by atoms with van der Waals surface area (Å²) in [7, 11) is 1.15. The highest BCUT2D eigenvalue weighted by molar-refractivity contribution is 7.45. The summed E-state index contributed by atoms with van der Waals surface area (Å²) in [5, 5.41) is 3.02. The molecular formula is C72H127N2O7P. The Bertz CT molecular complexity index is 1770. The summed E-state index contributed by atoms with van der Waals surface area (Å²) < 4.78 is 30.4. The first-order chi connectivity index (χ1) is 39.9. The second-order valence-electron chi connectivity index (χ2n) is 23.6. The van der Waals surface area contributed by atoms with Crippen molar-refractivity contribution in [2.75, 3.05) is 40.9 Å². The number of ether oxygens (including phenoxy) is 1. The maximum absolute atomic E-state index is 13.6. The Morgan fingerprint density at radius 1 is 0.439 bits per heavy atom. The number of allylic oxidation sites excluding steroid dienone is 17. The van der Waals surface area contributed by atoms with Crippen molar-refractivity contribution in [3.63, 3.8) is 0 Å². The second kappa shape index (κ2) is 60.8. The van der Waals surface area contributed by atoms with Gasteiger partial charge in [-0.05, 0) is 115 Å². The molecule has 0 aromatic rings. The third kappa shape index (κ3) is 61.2. The van der Waals surface area contributed by atoms with Crippen LogP contribution < -0.4 is 10.2 Å². The zero-order valence-electron chi connectivity index (χ0n) is 53.9. The van der Waals surface area contributed by atoms with E-state index < -0.39 is 26.6 Å². The van der Waals surface area contributed by atoms with Crippen molar-refractivity contribution >= 4 is 19.7 Å². The number of hydrogen-bond donors (Lipinski definition) is 1. The van der Waals surface area contributed by atoms with E-state index in [1.54, 1.807) is 0 Å². The molecule has 82 heavy (non-hydrogen) atoms. The highest BCUT2D eigenvalue weighted by atomic mass is 31.2. The van der Waals surface area contributed by atoms with Crippen molar-refractivity contribution in [1.82, 2.24) is 5.32 Å². The fraction of sp³-hybridized carbons (Fsp3) is 0.722. The number of rotatable bonds is 60. The van der Waals surface area contributed by atoms with Crippen molar-refractivity contribution in [3.05, 3.63) is 109 Å². The lowest BCUT2D eigenvalue weighted by molar-refractivity contribution is -0.870. The monoisotopic (exact) mass is 1160 g/mol. The van der Waals surface area contributed by atoms with E-state index >= 15 is 0 Å². The van der Waals surface area contributed by atoms with Crippen LogP contribution in [-0.4, -0.2) is 69.4 Å². The number of nitrogens with one attached hydrogen (secondary N) is 1. The summed E-state index contributed by atoms with van der Waals surface area (Å²) in [4.78, 5) is 40.1. The van der Waals surface area contributed by atoms with Gasteiger partial charge in [0.05, 0.1) is 33.8 Å². The lowest BCUT2D eigenvalue weighted by atomic mass is 10.0. The number of phosphoric ester groups is 1. The molecule has 0 heterocycles. The zero-order chi connectivity index (χ0) is 60.0. The lowest BCUT2D eigenvalue weighted by Gasteiger charge is -2.30. The van der Waals surface area contributed by atoms with Crippen LogP contribution >= 0.6 is 7.82 Å². The smallest absolute Gasteiger partial charge is 0.306 e. The van der Waals surface area contributed by atoms with Gasteiger partial charge in [0.25, 0.3) is 7.82 Å². The molecule has 0 bridgehead atoms. The van der Waals surface area contributed by atoms with Crippen molar-refractivity contribution in [1.29, 1.82) is 0 Å². The van der Waals surface area contributed by atoms with Gasteiger partial charge in [-0.15, -0.1) is 0 Å². The summed E-state index contributed by atoms with van der Waals surface area (Å²) in [5.74, 6) is -0.574. The first-order valence-electron chi connectivity index (χ1n) is 33.7. The molecule has 0 rings (SSSR count). The number of likely N-dealkylation sites (N-methyl/N-ethyl adjacent to an activating group) is 1. The Balaban J connectivity index is 5.22. The third-order valence-electron chi connectivity index (χ3n) is 14.4. The van der Waals surface area contributed by atoms with Gasteiger partial charge in [0, 0.05) is 12.8 Å². The average molecular weight is 1160 g/mol. The van der Waals surface area contributed by atoms with Crippen LogP contribution in [0.1, 0.15) is 284 Å². The highest BCUT2D eigenvalue weighted by Crippen LogP contribution is 2.38. The maximum Gasteiger partial charge on any atom is 0.306 e. The molecule has 0 saturated heterocycles. The largest absolute Gasteiger partial charge is 0.756 e. The number of carbonyl (C=O) groups excluding carboxylic acids is 2. The van der Waals surface area contributed by atoms with E-state index in [0.717, 1.165) is 116 Å². The van der Waals surface area contributed by atoms with Crippen LogP contribution in [0.2, 0.25) is 0 Å². The molecule has 0 radical (unpaired) electrons. The molecule has 0 aromatic heterocycles. The number of unbranched alkanes of at least 4 members (excludes halogenated alkanes) is 28. The SMILES string of the molecule is CC/C=C\C/C=C\C/C=C\C/C=C\C/C=C\C/C=C\CCCCCCC(=O)NC(COP(=O)([O-])OCC[N+](C)(C)C)C(/C=C/CCCCCCCCCCCC)OC(=O)CCCCCCCCCCCCC/C=C\C/C=C\CCCCC. The summed E-state index contributed by atoms with van der Waals surface area (Å²) in [6.45, 7) is 6.69. The molecule has 3 atom stereocenters. The molecule has 0 saturated carbocycles. The van der Waals surface area contributed by atoms with Crippen LogP contribution in [-0.2, 0) is 27.9 Å². The quantitative estimate of drug-likeness (QED) is 0.0212. The number of hydrogen-bond acceptors (Lipinski definition) is 7. The normalized spacial score (nSPS) is 14.3. The Kier molecular flexibility index (Phi) is 58.3. The van der Waals surface area contributed by atoms with Crippen LogP contribution in [0.3, 0.4) is 0 Å². The molecule has 9 nitrogen and oxygen atoms in total. The molecule has 1 amide bonds. The van der Waals surface area contributed by atoms with E-state index in [2.05, 4.69) is 123 Å². The van der Waals surface area contributed by atoms with E-state index in [4.69, 9.17) is 13.8 Å². The minimum absolute atomic E-state index is 0.0329. The Hall–Kier alpha value is -3.33. The molecule has 0 aromatic carbocycles. The van der Waals surface area contributed by atoms with Crippen LogP contribution in [0.15, 0.2) is 109 Å². The standard InChI is InChI=1S/C72H127N2O7P/c1-7-10-13-16-19-22-25-28-30-32-34-36-37-39-40-42-44-46-49-52-55-58-61-64-71(75)73-69(68-80-82(77,78)79-67-66-74(4,5)6)70(63-60-57-54-51-48-27-24-21-18-15-12-9-3)81-72(76)65-62-59-56-53-50-47-45-43-41-38-35-33-31-29-26-23-20-17-14-11-8-2/h10,13,19-20,22-23,28-31,34,36,39-40,44,46,60,63,69-70H,7-9,11-12,14-18,21,24-27,32-33,35,37-38,41-43,45,47-59,61-62,64-68H2,1-6H3,(H-,73,75,77,78)/b13-10-,22-19-,23-20-,30-28-,31-29-,36-34-,40-39-,46-44-,63-60+. The number of esters is 1. The number of nitrogens with zero attached hydrogens (tertiary/aromatic N) is 1. The van der Waals surface area contributed by atoms with Gasteiger partial charge in [-0.3, -0.25) is 14.2 Å². The van der Waals surface area contributed by atoms with Crippen LogP contribution in [0, 0.1) is 0 Å². The minimum atomic E-state index is -4.72. The average Bonchev–Trinajstić information content (AvgIpc) is 3.47. The molecule has 0 aliphatic carbocycles. The Labute approximate surface area is 506 Å². The van der Waals surface area contributed by atoms with Gasteiger partial charge in [-0.2, -0.15) is 0 Å². The summed E-state index contributed by atoms with van der Waals surface area (Å²) in [6.07, 6.45) is 83.4. The van der Waals surface area contributed by atoms with Gasteiger partial charge in [-0.1, -0.05) is 265 Å². The fourth-order valence-electron chi connectivity index (χ4n) is 9.26. The summed E-state index contributed by atoms with van der Waals surface area (Å²) in [6, 6.07) is -0.910. The first kappa shape index (κ1) is 78.7. The van der Waals surface area contributed by atoms with Gasteiger partial charge >= 0.3 is 5.97 Å². The van der Waals surface area contributed by atoms with Gasteiger partial charge in [-0.25, -0.2) is 0 Å². The predicted molar refractivity (Wildman–Crippen MR) is 353 cm³/mol. The first-order valence-corrected chi connectivity index (χ1v) is 35.2. The third-order valence-corrected chi connectivity index (χ3v) is 15.4. The van der Waals surface area contributed by atoms with E-state index in [1.807, 2.05) is 33.3 Å². The van der Waals surface area contributed by atoms with Crippen molar-refractivity contribution < 1.29 is 37.3 Å².